The number of hydrogen-bond donors (Lipinski definition) is 3. The maximum atomic E-state index is 12.8. The summed E-state index contributed by atoms with van der Waals surface area (Å²) in [4.78, 5) is 31.7. The molecule has 2 aromatic carbocycles. The number of halogens is 1. The summed E-state index contributed by atoms with van der Waals surface area (Å²) in [5.41, 5.74) is 1.62. The normalized spacial score (nSPS) is 14.6. The first-order valence-corrected chi connectivity index (χ1v) is 11.6. The number of piperazine rings is 1. The number of anilines is 1. The Balaban J connectivity index is 0.000000569. The monoisotopic (exact) mass is 497 g/mol. The molecule has 2 aromatic rings. The van der Waals surface area contributed by atoms with Gasteiger partial charge in [0.05, 0.1) is 4.90 Å². The second-order valence-electron chi connectivity index (χ2n) is 7.09. The van der Waals surface area contributed by atoms with E-state index in [0.717, 1.165) is 10.6 Å². The van der Waals surface area contributed by atoms with Crippen LogP contribution >= 0.6 is 11.6 Å². The van der Waals surface area contributed by atoms with Gasteiger partial charge in [0.2, 0.25) is 15.9 Å². The highest BCUT2D eigenvalue weighted by Gasteiger charge is 2.28. The number of carboxylic acids is 2. The zero-order valence-corrected chi connectivity index (χ0v) is 19.3. The molecule has 1 aliphatic heterocycles. The van der Waals surface area contributed by atoms with Gasteiger partial charge in [-0.1, -0.05) is 29.8 Å². The van der Waals surface area contributed by atoms with E-state index in [9.17, 15) is 13.2 Å². The first-order valence-electron chi connectivity index (χ1n) is 9.80. The number of carbonyl (C=O) groups excluding carboxylic acids is 1. The third-order valence-electron chi connectivity index (χ3n) is 4.68. The Morgan fingerprint density at radius 3 is 1.97 bits per heavy atom. The summed E-state index contributed by atoms with van der Waals surface area (Å²) in [6.07, 6.45) is 0. The first-order chi connectivity index (χ1) is 15.5. The zero-order chi connectivity index (χ0) is 24.6. The molecule has 0 bridgehead atoms. The molecule has 0 radical (unpaired) electrons. The molecule has 1 fully saturated rings. The third kappa shape index (κ3) is 7.82. The van der Waals surface area contributed by atoms with Crippen LogP contribution in [0.1, 0.15) is 12.5 Å². The maximum absolute atomic E-state index is 12.8. The van der Waals surface area contributed by atoms with E-state index in [-0.39, 0.29) is 10.8 Å². The second kappa shape index (κ2) is 11.8. The molecule has 178 valence electrons. The number of sulfonamides is 1. The predicted octanol–water partition coefficient (Wildman–Crippen LogP) is 1.96. The molecule has 1 amide bonds. The van der Waals surface area contributed by atoms with Gasteiger partial charge < -0.3 is 15.5 Å². The minimum atomic E-state index is -3.54. The molecule has 3 N–H and O–H groups in total. The Morgan fingerprint density at radius 1 is 0.939 bits per heavy atom. The van der Waals surface area contributed by atoms with E-state index < -0.39 is 22.0 Å². The minimum absolute atomic E-state index is 0.194. The molecule has 0 spiro atoms. The lowest BCUT2D eigenvalue weighted by Crippen LogP contribution is -2.48. The Morgan fingerprint density at radius 2 is 1.48 bits per heavy atom. The van der Waals surface area contributed by atoms with Crippen molar-refractivity contribution in [3.63, 3.8) is 0 Å². The number of nitrogens with zero attached hydrogens (tertiary/aromatic N) is 2. The van der Waals surface area contributed by atoms with Crippen molar-refractivity contribution >= 4 is 45.2 Å². The van der Waals surface area contributed by atoms with Crippen molar-refractivity contribution in [1.29, 1.82) is 0 Å². The van der Waals surface area contributed by atoms with Crippen molar-refractivity contribution in [3.05, 3.63) is 59.1 Å². The van der Waals surface area contributed by atoms with E-state index in [1.54, 1.807) is 12.1 Å². The maximum Gasteiger partial charge on any atom is 0.414 e. The lowest BCUT2D eigenvalue weighted by atomic mass is 10.2. The Kier molecular flexibility index (Phi) is 9.35. The van der Waals surface area contributed by atoms with Gasteiger partial charge in [-0.25, -0.2) is 18.0 Å². The van der Waals surface area contributed by atoms with Gasteiger partial charge in [0.15, 0.2) is 0 Å². The fourth-order valence-electron chi connectivity index (χ4n) is 3.06. The third-order valence-corrected chi connectivity index (χ3v) is 6.96. The summed E-state index contributed by atoms with van der Waals surface area (Å²) in [6, 6.07) is 13.9. The van der Waals surface area contributed by atoms with Gasteiger partial charge in [0, 0.05) is 50.4 Å². The number of nitrogens with one attached hydrogen (secondary N) is 1. The molecule has 0 aromatic heterocycles. The van der Waals surface area contributed by atoms with Crippen LogP contribution in [-0.2, 0) is 31.0 Å². The SMILES string of the molecule is CC(=O)Nc1ccc(S(=O)(=O)N2CCN(Cc3ccccc3Cl)CC2)cc1.O=C(O)C(=O)O. The summed E-state index contributed by atoms with van der Waals surface area (Å²) < 4.78 is 27.2. The molecule has 33 heavy (non-hydrogen) atoms. The fourth-order valence-corrected chi connectivity index (χ4v) is 4.68. The highest BCUT2D eigenvalue weighted by molar-refractivity contribution is 7.89. The van der Waals surface area contributed by atoms with Gasteiger partial charge in [-0.3, -0.25) is 9.69 Å². The lowest BCUT2D eigenvalue weighted by molar-refractivity contribution is -0.159. The standard InChI is InChI=1S/C19H22ClN3O3S.C2H2O4/c1-15(24)21-17-6-8-18(9-7-17)27(25,26)23-12-10-22(11-13-23)14-16-4-2-3-5-19(16)20;3-1(4)2(5)6/h2-9H,10-14H2,1H3,(H,21,24);(H,3,4)(H,5,6). The summed E-state index contributed by atoms with van der Waals surface area (Å²) >= 11 is 6.21. The highest BCUT2D eigenvalue weighted by Crippen LogP contribution is 2.22. The van der Waals surface area contributed by atoms with Crippen molar-refractivity contribution in [2.75, 3.05) is 31.5 Å². The molecule has 1 heterocycles. The van der Waals surface area contributed by atoms with Crippen LogP contribution in [0, 0.1) is 0 Å². The van der Waals surface area contributed by atoms with Crippen molar-refractivity contribution < 1.29 is 33.0 Å². The number of amides is 1. The molecule has 1 aliphatic rings. The largest absolute Gasteiger partial charge is 0.473 e. The van der Waals surface area contributed by atoms with Crippen LogP contribution in [0.15, 0.2) is 53.4 Å². The summed E-state index contributed by atoms with van der Waals surface area (Å²) in [6.45, 7) is 4.27. The van der Waals surface area contributed by atoms with Crippen molar-refractivity contribution in [2.24, 2.45) is 0 Å². The van der Waals surface area contributed by atoms with E-state index in [2.05, 4.69) is 10.2 Å². The lowest BCUT2D eigenvalue weighted by Gasteiger charge is -2.34. The van der Waals surface area contributed by atoms with E-state index in [0.29, 0.717) is 38.4 Å². The van der Waals surface area contributed by atoms with E-state index in [1.165, 1.54) is 23.4 Å². The topological polar surface area (TPSA) is 144 Å². The van der Waals surface area contributed by atoms with Gasteiger partial charge in [-0.05, 0) is 35.9 Å². The van der Waals surface area contributed by atoms with Gasteiger partial charge in [-0.15, -0.1) is 0 Å². The second-order valence-corrected chi connectivity index (χ2v) is 9.43. The molecule has 0 aliphatic carbocycles. The highest BCUT2D eigenvalue weighted by atomic mass is 35.5. The number of benzene rings is 2. The van der Waals surface area contributed by atoms with Crippen LogP contribution in [0.3, 0.4) is 0 Å². The van der Waals surface area contributed by atoms with E-state index in [4.69, 9.17) is 31.4 Å². The minimum Gasteiger partial charge on any atom is -0.473 e. The average molecular weight is 498 g/mol. The van der Waals surface area contributed by atoms with Gasteiger partial charge in [0.25, 0.3) is 0 Å². The summed E-state index contributed by atoms with van der Waals surface area (Å²) in [5.74, 6) is -3.84. The van der Waals surface area contributed by atoms with Crippen LogP contribution in [0.4, 0.5) is 5.69 Å². The molecular formula is C21H24ClN3O7S. The average Bonchev–Trinajstić information content (AvgIpc) is 2.76. The van der Waals surface area contributed by atoms with Crippen LogP contribution in [-0.4, -0.2) is 71.9 Å². The molecule has 10 nitrogen and oxygen atoms in total. The predicted molar refractivity (Wildman–Crippen MR) is 122 cm³/mol. The molecule has 0 saturated carbocycles. The molecular weight excluding hydrogens is 474 g/mol. The quantitative estimate of drug-likeness (QED) is 0.532. The molecule has 0 atom stereocenters. The van der Waals surface area contributed by atoms with Crippen molar-refractivity contribution in [2.45, 2.75) is 18.4 Å². The van der Waals surface area contributed by atoms with Crippen LogP contribution in [0.5, 0.6) is 0 Å². The Labute approximate surface area is 196 Å². The number of carbonyl (C=O) groups is 3. The Hall–Kier alpha value is -2.99. The summed E-state index contributed by atoms with van der Waals surface area (Å²) in [7, 11) is -3.54. The smallest absolute Gasteiger partial charge is 0.414 e. The van der Waals surface area contributed by atoms with Gasteiger partial charge in [-0.2, -0.15) is 4.31 Å². The first kappa shape index (κ1) is 26.3. The molecule has 1 saturated heterocycles. The molecule has 12 heteroatoms. The fraction of sp³-hybridized carbons (Fsp3) is 0.286. The molecule has 3 rings (SSSR count). The van der Waals surface area contributed by atoms with Crippen LogP contribution in [0.25, 0.3) is 0 Å². The summed E-state index contributed by atoms with van der Waals surface area (Å²) in [5, 5.41) is 18.1. The van der Waals surface area contributed by atoms with Crippen LogP contribution < -0.4 is 5.32 Å². The van der Waals surface area contributed by atoms with Crippen molar-refractivity contribution in [3.8, 4) is 0 Å². The zero-order valence-electron chi connectivity index (χ0n) is 17.8. The number of hydrogen-bond acceptors (Lipinski definition) is 6. The molecule has 0 unspecified atom stereocenters. The van der Waals surface area contributed by atoms with Crippen LogP contribution in [0.2, 0.25) is 5.02 Å². The van der Waals surface area contributed by atoms with E-state index >= 15 is 0 Å². The van der Waals surface area contributed by atoms with Gasteiger partial charge in [0.1, 0.15) is 0 Å². The van der Waals surface area contributed by atoms with Crippen molar-refractivity contribution in [1.82, 2.24) is 9.21 Å². The Bertz CT molecular complexity index is 1090. The van der Waals surface area contributed by atoms with E-state index in [1.807, 2.05) is 24.3 Å². The number of aliphatic carboxylic acids is 2. The number of rotatable bonds is 5. The number of carboxylic acid groups (broad SMARTS) is 2. The van der Waals surface area contributed by atoms with Gasteiger partial charge >= 0.3 is 11.9 Å².